The Morgan fingerprint density at radius 2 is 2.08 bits per heavy atom. The smallest absolute Gasteiger partial charge is 0.125 e. The maximum atomic E-state index is 9.62. The first-order valence-corrected chi connectivity index (χ1v) is 3.95. The van der Waals surface area contributed by atoms with Crippen molar-refractivity contribution in [3.05, 3.63) is 29.3 Å². The molecule has 0 saturated carbocycles. The SMILES string of the molecule is COCc1cccc(CNO)c1O. The number of hydrogen-bond donors (Lipinski definition) is 3. The van der Waals surface area contributed by atoms with E-state index in [2.05, 4.69) is 0 Å². The van der Waals surface area contributed by atoms with Crippen LogP contribution in [-0.4, -0.2) is 17.4 Å². The molecule has 0 aromatic heterocycles. The van der Waals surface area contributed by atoms with Crippen molar-refractivity contribution in [3.63, 3.8) is 0 Å². The summed E-state index contributed by atoms with van der Waals surface area (Å²) in [5.74, 6) is 0.172. The Hall–Kier alpha value is -1.10. The molecule has 4 nitrogen and oxygen atoms in total. The fraction of sp³-hybridized carbons (Fsp3) is 0.333. The largest absolute Gasteiger partial charge is 0.507 e. The molecular formula is C9H13NO3. The lowest BCUT2D eigenvalue weighted by Gasteiger charge is -2.07. The number of hydroxylamine groups is 1. The fourth-order valence-corrected chi connectivity index (χ4v) is 1.14. The molecule has 0 fully saturated rings. The number of aromatic hydroxyl groups is 1. The Bertz CT molecular complexity index is 251. The number of phenols is 1. The van der Waals surface area contributed by atoms with Crippen LogP contribution in [0.4, 0.5) is 0 Å². The molecule has 4 heteroatoms. The normalized spacial score (nSPS) is 10.3. The molecule has 0 bridgehead atoms. The van der Waals surface area contributed by atoms with E-state index in [1.165, 1.54) is 0 Å². The summed E-state index contributed by atoms with van der Waals surface area (Å²) in [5, 5.41) is 18.1. The topological polar surface area (TPSA) is 61.7 Å². The molecule has 0 radical (unpaired) electrons. The van der Waals surface area contributed by atoms with Crippen LogP contribution in [0.15, 0.2) is 18.2 Å². The van der Waals surface area contributed by atoms with Gasteiger partial charge in [-0.15, -0.1) is 0 Å². The predicted octanol–water partition coefficient (Wildman–Crippen LogP) is 1.02. The highest BCUT2D eigenvalue weighted by molar-refractivity contribution is 5.39. The standard InChI is InChI=1S/C9H13NO3/c1-13-6-8-4-2-3-7(5-10-12)9(8)11/h2-4,10-12H,5-6H2,1H3. The number of methoxy groups -OCH3 is 1. The second-order valence-electron chi connectivity index (χ2n) is 2.69. The van der Waals surface area contributed by atoms with Crippen molar-refractivity contribution in [1.82, 2.24) is 5.48 Å². The van der Waals surface area contributed by atoms with Gasteiger partial charge in [-0.25, -0.2) is 5.48 Å². The minimum atomic E-state index is 0.172. The highest BCUT2D eigenvalue weighted by Gasteiger charge is 2.05. The molecule has 13 heavy (non-hydrogen) atoms. The lowest BCUT2D eigenvalue weighted by Crippen LogP contribution is -2.06. The van der Waals surface area contributed by atoms with Gasteiger partial charge >= 0.3 is 0 Å². The highest BCUT2D eigenvalue weighted by Crippen LogP contribution is 2.22. The van der Waals surface area contributed by atoms with Gasteiger partial charge in [-0.1, -0.05) is 18.2 Å². The number of benzene rings is 1. The van der Waals surface area contributed by atoms with Crippen molar-refractivity contribution in [2.75, 3.05) is 7.11 Å². The Morgan fingerprint density at radius 1 is 1.38 bits per heavy atom. The van der Waals surface area contributed by atoms with Crippen LogP contribution in [0.1, 0.15) is 11.1 Å². The average Bonchev–Trinajstić information content (AvgIpc) is 2.13. The quantitative estimate of drug-likeness (QED) is 0.610. The Morgan fingerprint density at radius 3 is 2.69 bits per heavy atom. The van der Waals surface area contributed by atoms with Crippen molar-refractivity contribution in [1.29, 1.82) is 0 Å². The van der Waals surface area contributed by atoms with Crippen LogP contribution in [-0.2, 0) is 17.9 Å². The van der Waals surface area contributed by atoms with E-state index < -0.39 is 0 Å². The first-order valence-electron chi connectivity index (χ1n) is 3.95. The molecule has 0 aliphatic carbocycles. The minimum Gasteiger partial charge on any atom is -0.507 e. The van der Waals surface area contributed by atoms with E-state index in [4.69, 9.17) is 9.94 Å². The summed E-state index contributed by atoms with van der Waals surface area (Å²) < 4.78 is 4.90. The van der Waals surface area contributed by atoms with Gasteiger partial charge in [-0.05, 0) is 0 Å². The molecule has 0 aliphatic heterocycles. The lowest BCUT2D eigenvalue weighted by molar-refractivity contribution is 0.159. The number of phenolic OH excluding ortho intramolecular Hbond substituents is 1. The summed E-state index contributed by atoms with van der Waals surface area (Å²) in [6.07, 6.45) is 0. The molecule has 72 valence electrons. The van der Waals surface area contributed by atoms with E-state index in [-0.39, 0.29) is 12.3 Å². The zero-order valence-corrected chi connectivity index (χ0v) is 7.45. The Balaban J connectivity index is 2.89. The molecule has 3 N–H and O–H groups in total. The third kappa shape index (κ3) is 2.42. The van der Waals surface area contributed by atoms with Crippen LogP contribution in [0, 0.1) is 0 Å². The van der Waals surface area contributed by atoms with Crippen molar-refractivity contribution in [2.45, 2.75) is 13.2 Å². The van der Waals surface area contributed by atoms with Gasteiger partial charge in [-0.3, -0.25) is 0 Å². The second kappa shape index (κ2) is 4.81. The van der Waals surface area contributed by atoms with Gasteiger partial charge in [0.1, 0.15) is 5.75 Å². The van der Waals surface area contributed by atoms with E-state index >= 15 is 0 Å². The van der Waals surface area contributed by atoms with Crippen LogP contribution in [0.25, 0.3) is 0 Å². The number of para-hydroxylation sites is 1. The monoisotopic (exact) mass is 183 g/mol. The van der Waals surface area contributed by atoms with E-state index in [0.717, 1.165) is 5.56 Å². The van der Waals surface area contributed by atoms with Crippen molar-refractivity contribution in [3.8, 4) is 5.75 Å². The van der Waals surface area contributed by atoms with Gasteiger partial charge in [0, 0.05) is 24.8 Å². The molecule has 0 atom stereocenters. The number of nitrogens with one attached hydrogen (secondary N) is 1. The van der Waals surface area contributed by atoms with Gasteiger partial charge in [0.2, 0.25) is 0 Å². The zero-order chi connectivity index (χ0) is 9.68. The van der Waals surface area contributed by atoms with Crippen LogP contribution >= 0.6 is 0 Å². The summed E-state index contributed by atoms with van der Waals surface area (Å²) >= 11 is 0. The Kier molecular flexibility index (Phi) is 3.70. The predicted molar refractivity (Wildman–Crippen MR) is 47.4 cm³/mol. The van der Waals surface area contributed by atoms with Gasteiger partial charge in [0.25, 0.3) is 0 Å². The highest BCUT2D eigenvalue weighted by atomic mass is 16.5. The molecule has 0 spiro atoms. The summed E-state index contributed by atoms with van der Waals surface area (Å²) in [5.41, 5.74) is 3.36. The van der Waals surface area contributed by atoms with Gasteiger partial charge in [0.05, 0.1) is 6.61 Å². The van der Waals surface area contributed by atoms with Crippen LogP contribution in [0.3, 0.4) is 0 Å². The number of rotatable bonds is 4. The number of ether oxygens (including phenoxy) is 1. The molecular weight excluding hydrogens is 170 g/mol. The molecule has 1 aromatic rings. The van der Waals surface area contributed by atoms with E-state index in [0.29, 0.717) is 12.2 Å². The third-order valence-corrected chi connectivity index (χ3v) is 1.77. The molecule has 1 rings (SSSR count). The maximum Gasteiger partial charge on any atom is 0.125 e. The van der Waals surface area contributed by atoms with E-state index in [1.54, 1.807) is 25.3 Å². The number of hydrogen-bond acceptors (Lipinski definition) is 4. The van der Waals surface area contributed by atoms with Crippen LogP contribution < -0.4 is 5.48 Å². The molecule has 0 aliphatic rings. The minimum absolute atomic E-state index is 0.172. The van der Waals surface area contributed by atoms with Crippen molar-refractivity contribution in [2.24, 2.45) is 0 Å². The first-order chi connectivity index (χ1) is 6.29. The zero-order valence-electron chi connectivity index (χ0n) is 7.45. The first kappa shape index (κ1) is 9.98. The van der Waals surface area contributed by atoms with Crippen molar-refractivity contribution >= 4 is 0 Å². The van der Waals surface area contributed by atoms with E-state index in [9.17, 15) is 5.11 Å². The van der Waals surface area contributed by atoms with Crippen LogP contribution in [0.2, 0.25) is 0 Å². The summed E-state index contributed by atoms with van der Waals surface area (Å²) in [4.78, 5) is 0. The van der Waals surface area contributed by atoms with Gasteiger partial charge < -0.3 is 15.1 Å². The molecule has 0 heterocycles. The van der Waals surface area contributed by atoms with Crippen molar-refractivity contribution < 1.29 is 15.1 Å². The summed E-state index contributed by atoms with van der Waals surface area (Å²) in [7, 11) is 1.57. The summed E-state index contributed by atoms with van der Waals surface area (Å²) in [6, 6.07) is 5.32. The third-order valence-electron chi connectivity index (χ3n) is 1.77. The molecule has 0 amide bonds. The van der Waals surface area contributed by atoms with Crippen LogP contribution in [0.5, 0.6) is 5.75 Å². The van der Waals surface area contributed by atoms with Gasteiger partial charge in [0.15, 0.2) is 0 Å². The second-order valence-corrected chi connectivity index (χ2v) is 2.69. The fourth-order valence-electron chi connectivity index (χ4n) is 1.14. The summed E-state index contributed by atoms with van der Waals surface area (Å²) in [6.45, 7) is 0.592. The molecule has 0 unspecified atom stereocenters. The van der Waals surface area contributed by atoms with Gasteiger partial charge in [-0.2, -0.15) is 0 Å². The lowest BCUT2D eigenvalue weighted by atomic mass is 10.1. The molecule has 0 saturated heterocycles. The Labute approximate surface area is 76.7 Å². The van der Waals surface area contributed by atoms with E-state index in [1.807, 2.05) is 5.48 Å². The maximum absolute atomic E-state index is 9.62. The molecule has 1 aromatic carbocycles. The average molecular weight is 183 g/mol.